The van der Waals surface area contributed by atoms with Gasteiger partial charge in [0.05, 0.1) is 17.1 Å². The fraction of sp³-hybridized carbons (Fsp3) is 0.333. The molecule has 1 fully saturated rings. The van der Waals surface area contributed by atoms with Crippen LogP contribution in [0, 0.1) is 12.8 Å². The maximum atomic E-state index is 12.5. The summed E-state index contributed by atoms with van der Waals surface area (Å²) in [6, 6.07) is 9.93. The highest BCUT2D eigenvalue weighted by Gasteiger charge is 2.45. The molecule has 2 heterocycles. The topological polar surface area (TPSA) is 57.8 Å². The number of para-hydroxylation sites is 2. The Kier molecular flexibility index (Phi) is 3.45. The molecule has 23 heavy (non-hydrogen) atoms. The molecule has 0 aliphatic heterocycles. The van der Waals surface area contributed by atoms with Crippen molar-refractivity contribution in [3.8, 4) is 0 Å². The van der Waals surface area contributed by atoms with Crippen molar-refractivity contribution in [1.82, 2.24) is 15.3 Å². The van der Waals surface area contributed by atoms with E-state index in [9.17, 15) is 4.79 Å². The summed E-state index contributed by atoms with van der Waals surface area (Å²) < 4.78 is 0. The van der Waals surface area contributed by atoms with Crippen LogP contribution in [0.25, 0.3) is 11.0 Å². The number of aryl methyl sites for hydroxylation is 1. The SMILES string of the molecule is Cc1ccsc1[C@@H]1C[C@H]1C(=O)N[C@@H](C)c1nc2ccccc2[nH]1. The van der Waals surface area contributed by atoms with Crippen molar-refractivity contribution in [1.29, 1.82) is 0 Å². The summed E-state index contributed by atoms with van der Waals surface area (Å²) in [5.41, 5.74) is 3.24. The van der Waals surface area contributed by atoms with Gasteiger partial charge in [0.25, 0.3) is 0 Å². The van der Waals surface area contributed by atoms with Crippen LogP contribution in [0.2, 0.25) is 0 Å². The Hall–Kier alpha value is -2.14. The molecule has 0 saturated heterocycles. The molecule has 2 N–H and O–H groups in total. The number of hydrogen-bond acceptors (Lipinski definition) is 3. The second-order valence-electron chi connectivity index (χ2n) is 6.29. The third-order valence-corrected chi connectivity index (χ3v) is 5.69. The predicted octanol–water partition coefficient (Wildman–Crippen LogP) is 3.91. The summed E-state index contributed by atoms with van der Waals surface area (Å²) in [6.45, 7) is 4.10. The number of H-pyrrole nitrogens is 1. The van der Waals surface area contributed by atoms with Crippen LogP contribution in [0.4, 0.5) is 0 Å². The van der Waals surface area contributed by atoms with E-state index in [2.05, 4.69) is 33.7 Å². The van der Waals surface area contributed by atoms with Crippen molar-refractivity contribution in [3.63, 3.8) is 0 Å². The minimum Gasteiger partial charge on any atom is -0.346 e. The Labute approximate surface area is 138 Å². The first-order chi connectivity index (χ1) is 11.1. The fourth-order valence-corrected chi connectivity index (χ4v) is 4.21. The van der Waals surface area contributed by atoms with Crippen LogP contribution in [0.5, 0.6) is 0 Å². The van der Waals surface area contributed by atoms with Crippen molar-refractivity contribution >= 4 is 28.3 Å². The number of benzene rings is 1. The molecule has 1 saturated carbocycles. The molecule has 4 nitrogen and oxygen atoms in total. The predicted molar refractivity (Wildman–Crippen MR) is 92.6 cm³/mol. The Bertz CT molecular complexity index is 833. The normalized spacial score (nSPS) is 21.3. The van der Waals surface area contributed by atoms with Gasteiger partial charge < -0.3 is 10.3 Å². The number of aromatic amines is 1. The molecule has 2 aromatic heterocycles. The number of hydrogen-bond donors (Lipinski definition) is 2. The molecule has 118 valence electrons. The average molecular weight is 325 g/mol. The number of amides is 1. The van der Waals surface area contributed by atoms with Gasteiger partial charge in [-0.25, -0.2) is 4.98 Å². The van der Waals surface area contributed by atoms with E-state index >= 15 is 0 Å². The first-order valence-electron chi connectivity index (χ1n) is 7.92. The molecule has 0 bridgehead atoms. The zero-order chi connectivity index (χ0) is 16.0. The largest absolute Gasteiger partial charge is 0.346 e. The van der Waals surface area contributed by atoms with Crippen LogP contribution in [0.15, 0.2) is 35.7 Å². The first kappa shape index (κ1) is 14.5. The summed E-state index contributed by atoms with van der Waals surface area (Å²) in [5.74, 6) is 1.46. The summed E-state index contributed by atoms with van der Waals surface area (Å²) in [4.78, 5) is 21.7. The van der Waals surface area contributed by atoms with Gasteiger partial charge in [0, 0.05) is 16.7 Å². The molecule has 0 unspecified atom stereocenters. The number of fused-ring (bicyclic) bond motifs is 1. The number of rotatable bonds is 4. The number of nitrogens with zero attached hydrogens (tertiary/aromatic N) is 1. The van der Waals surface area contributed by atoms with Gasteiger partial charge >= 0.3 is 0 Å². The highest BCUT2D eigenvalue weighted by molar-refractivity contribution is 7.10. The van der Waals surface area contributed by atoms with Crippen molar-refractivity contribution in [3.05, 3.63) is 52.0 Å². The third kappa shape index (κ3) is 2.65. The minimum atomic E-state index is -0.111. The Morgan fingerprint density at radius 1 is 1.39 bits per heavy atom. The zero-order valence-electron chi connectivity index (χ0n) is 13.2. The number of imidazole rings is 1. The van der Waals surface area contributed by atoms with Crippen LogP contribution in [-0.2, 0) is 4.79 Å². The highest BCUT2D eigenvalue weighted by Crippen LogP contribution is 2.50. The van der Waals surface area contributed by atoms with E-state index in [0.29, 0.717) is 5.92 Å². The first-order valence-corrected chi connectivity index (χ1v) is 8.80. The van der Waals surface area contributed by atoms with Crippen LogP contribution in [0.1, 0.15) is 41.6 Å². The monoisotopic (exact) mass is 325 g/mol. The van der Waals surface area contributed by atoms with E-state index in [-0.39, 0.29) is 17.9 Å². The van der Waals surface area contributed by atoms with E-state index in [1.807, 2.05) is 31.2 Å². The number of aromatic nitrogens is 2. The van der Waals surface area contributed by atoms with E-state index in [4.69, 9.17) is 0 Å². The molecule has 1 aromatic carbocycles. The lowest BCUT2D eigenvalue weighted by Crippen LogP contribution is -2.29. The van der Waals surface area contributed by atoms with Gasteiger partial charge in [-0.05, 0) is 49.4 Å². The summed E-state index contributed by atoms with van der Waals surface area (Å²) in [5, 5.41) is 5.21. The summed E-state index contributed by atoms with van der Waals surface area (Å²) in [6.07, 6.45) is 0.958. The quantitative estimate of drug-likeness (QED) is 0.764. The van der Waals surface area contributed by atoms with Crippen molar-refractivity contribution in [2.45, 2.75) is 32.2 Å². The van der Waals surface area contributed by atoms with Gasteiger partial charge in [-0.3, -0.25) is 4.79 Å². The van der Waals surface area contributed by atoms with E-state index < -0.39 is 0 Å². The molecule has 1 aliphatic carbocycles. The lowest BCUT2D eigenvalue weighted by atomic mass is 10.2. The zero-order valence-corrected chi connectivity index (χ0v) is 14.0. The van der Waals surface area contributed by atoms with Gasteiger partial charge in [-0.2, -0.15) is 0 Å². The van der Waals surface area contributed by atoms with E-state index in [1.165, 1.54) is 10.4 Å². The molecular weight excluding hydrogens is 306 g/mol. The molecule has 3 aromatic rings. The molecular formula is C18H19N3OS. The number of carbonyl (C=O) groups is 1. The smallest absolute Gasteiger partial charge is 0.224 e. The van der Waals surface area contributed by atoms with Crippen LogP contribution in [-0.4, -0.2) is 15.9 Å². The third-order valence-electron chi connectivity index (χ3n) is 4.54. The maximum absolute atomic E-state index is 12.5. The van der Waals surface area contributed by atoms with E-state index in [1.54, 1.807) is 11.3 Å². The van der Waals surface area contributed by atoms with Crippen LogP contribution >= 0.6 is 11.3 Å². The molecule has 1 aliphatic rings. The molecule has 1 amide bonds. The standard InChI is InChI=1S/C18H19N3OS/c1-10-7-8-23-16(10)12-9-13(12)18(22)19-11(2)17-20-14-5-3-4-6-15(14)21-17/h3-8,11-13H,9H2,1-2H3,(H,19,22)(H,20,21)/t11-,12+,13+/m0/s1. The Morgan fingerprint density at radius 3 is 2.96 bits per heavy atom. The fourth-order valence-electron chi connectivity index (χ4n) is 3.11. The lowest BCUT2D eigenvalue weighted by Gasteiger charge is -2.11. The number of thiophene rings is 1. The number of carbonyl (C=O) groups excluding carboxylic acids is 1. The molecule has 4 rings (SSSR count). The Morgan fingerprint density at radius 2 is 2.22 bits per heavy atom. The molecule has 5 heteroatoms. The van der Waals surface area contributed by atoms with Crippen LogP contribution < -0.4 is 5.32 Å². The summed E-state index contributed by atoms with van der Waals surface area (Å²) in [7, 11) is 0. The van der Waals surface area contributed by atoms with Gasteiger partial charge in [0.15, 0.2) is 0 Å². The second-order valence-corrected chi connectivity index (χ2v) is 7.23. The maximum Gasteiger partial charge on any atom is 0.224 e. The summed E-state index contributed by atoms with van der Waals surface area (Å²) >= 11 is 1.76. The minimum absolute atomic E-state index is 0.110. The Balaban J connectivity index is 1.44. The van der Waals surface area contributed by atoms with Crippen molar-refractivity contribution < 1.29 is 4.79 Å². The average Bonchev–Trinajstić information content (AvgIpc) is 3.01. The number of nitrogens with one attached hydrogen (secondary N) is 2. The van der Waals surface area contributed by atoms with Gasteiger partial charge in [-0.1, -0.05) is 12.1 Å². The van der Waals surface area contributed by atoms with Gasteiger partial charge in [-0.15, -0.1) is 11.3 Å². The van der Waals surface area contributed by atoms with Crippen molar-refractivity contribution in [2.24, 2.45) is 5.92 Å². The second kappa shape index (κ2) is 5.49. The van der Waals surface area contributed by atoms with Gasteiger partial charge in [0.1, 0.15) is 5.82 Å². The molecule has 0 radical (unpaired) electrons. The van der Waals surface area contributed by atoms with Crippen molar-refractivity contribution in [2.75, 3.05) is 0 Å². The molecule has 3 atom stereocenters. The highest BCUT2D eigenvalue weighted by atomic mass is 32.1. The van der Waals surface area contributed by atoms with Crippen LogP contribution in [0.3, 0.4) is 0 Å². The lowest BCUT2D eigenvalue weighted by molar-refractivity contribution is -0.123. The van der Waals surface area contributed by atoms with Gasteiger partial charge in [0.2, 0.25) is 5.91 Å². The molecule has 0 spiro atoms. The van der Waals surface area contributed by atoms with E-state index in [0.717, 1.165) is 23.3 Å².